The van der Waals surface area contributed by atoms with Crippen molar-refractivity contribution in [3.63, 3.8) is 0 Å². The third kappa shape index (κ3) is 4.19. The van der Waals surface area contributed by atoms with Gasteiger partial charge in [0, 0.05) is 19.2 Å². The molecule has 26 heavy (non-hydrogen) atoms. The second-order valence-electron chi connectivity index (χ2n) is 5.30. The molecule has 0 bridgehead atoms. The van der Waals surface area contributed by atoms with Gasteiger partial charge in [0.1, 0.15) is 0 Å². The second-order valence-corrected chi connectivity index (χ2v) is 8.92. The van der Waals surface area contributed by atoms with Crippen LogP contribution < -0.4 is 4.72 Å². The lowest BCUT2D eigenvalue weighted by Crippen LogP contribution is -2.30. The molecule has 2 rings (SSSR count). The van der Waals surface area contributed by atoms with Gasteiger partial charge in [-0.25, -0.2) is 25.6 Å². The Balaban J connectivity index is 2.30. The van der Waals surface area contributed by atoms with Gasteiger partial charge >= 0.3 is 0 Å². The van der Waals surface area contributed by atoms with Crippen LogP contribution in [0.4, 0.5) is 14.5 Å². The van der Waals surface area contributed by atoms with Crippen molar-refractivity contribution in [2.45, 2.75) is 23.6 Å². The summed E-state index contributed by atoms with van der Waals surface area (Å²) >= 11 is 0. The van der Waals surface area contributed by atoms with Gasteiger partial charge in [-0.05, 0) is 36.4 Å². The SMILES string of the molecule is CCN(CC)S(=O)(=O)c1ccc(S(=O)(=O)Nc2ccc(F)c(F)c2)cc1. The van der Waals surface area contributed by atoms with Gasteiger partial charge in [-0.15, -0.1) is 0 Å². The first-order valence-electron chi connectivity index (χ1n) is 7.70. The summed E-state index contributed by atoms with van der Waals surface area (Å²) in [5, 5.41) is 0. The van der Waals surface area contributed by atoms with Crippen molar-refractivity contribution < 1.29 is 25.6 Å². The molecule has 2 aromatic rings. The van der Waals surface area contributed by atoms with Gasteiger partial charge in [-0.3, -0.25) is 4.72 Å². The molecule has 1 N–H and O–H groups in total. The highest BCUT2D eigenvalue weighted by Gasteiger charge is 2.23. The molecule has 0 saturated heterocycles. The Kier molecular flexibility index (Phi) is 5.99. The molecule has 6 nitrogen and oxygen atoms in total. The fourth-order valence-corrected chi connectivity index (χ4v) is 4.78. The van der Waals surface area contributed by atoms with Crippen LogP contribution >= 0.6 is 0 Å². The fourth-order valence-electron chi connectivity index (χ4n) is 2.28. The van der Waals surface area contributed by atoms with E-state index < -0.39 is 31.7 Å². The third-order valence-corrected chi connectivity index (χ3v) is 7.11. The first-order valence-corrected chi connectivity index (χ1v) is 10.6. The van der Waals surface area contributed by atoms with Crippen LogP contribution in [0.1, 0.15) is 13.8 Å². The van der Waals surface area contributed by atoms with E-state index in [1.807, 2.05) is 0 Å². The predicted molar refractivity (Wildman–Crippen MR) is 93.7 cm³/mol. The number of nitrogens with one attached hydrogen (secondary N) is 1. The van der Waals surface area contributed by atoms with Gasteiger partial charge in [0.05, 0.1) is 15.5 Å². The van der Waals surface area contributed by atoms with E-state index in [0.29, 0.717) is 6.07 Å². The summed E-state index contributed by atoms with van der Waals surface area (Å²) in [5.41, 5.74) is -0.149. The highest BCUT2D eigenvalue weighted by atomic mass is 32.2. The maximum atomic E-state index is 13.2. The lowest BCUT2D eigenvalue weighted by Gasteiger charge is -2.18. The quantitative estimate of drug-likeness (QED) is 0.769. The maximum Gasteiger partial charge on any atom is 0.261 e. The molecule has 10 heteroatoms. The molecule has 0 spiro atoms. The molecule has 2 aromatic carbocycles. The standard InChI is InChI=1S/C16H18F2N2O4S2/c1-3-20(4-2)26(23,24)14-8-6-13(7-9-14)25(21,22)19-12-5-10-15(17)16(18)11-12/h5-11,19H,3-4H2,1-2H3. The Morgan fingerprint density at radius 3 is 1.88 bits per heavy atom. The van der Waals surface area contributed by atoms with Gasteiger partial charge in [0.2, 0.25) is 10.0 Å². The van der Waals surface area contributed by atoms with Crippen molar-refractivity contribution in [1.29, 1.82) is 0 Å². The van der Waals surface area contributed by atoms with E-state index in [9.17, 15) is 25.6 Å². The van der Waals surface area contributed by atoms with Crippen LogP contribution in [0.5, 0.6) is 0 Å². The lowest BCUT2D eigenvalue weighted by atomic mass is 10.3. The minimum Gasteiger partial charge on any atom is -0.280 e. The predicted octanol–water partition coefficient (Wildman–Crippen LogP) is 2.80. The zero-order chi connectivity index (χ0) is 19.5. The van der Waals surface area contributed by atoms with Gasteiger partial charge in [0.25, 0.3) is 10.0 Å². The van der Waals surface area contributed by atoms with Crippen LogP contribution in [0.2, 0.25) is 0 Å². The molecule has 0 fully saturated rings. The molecule has 0 saturated carbocycles. The highest BCUT2D eigenvalue weighted by molar-refractivity contribution is 7.92. The van der Waals surface area contributed by atoms with Crippen molar-refractivity contribution >= 4 is 25.7 Å². The monoisotopic (exact) mass is 404 g/mol. The van der Waals surface area contributed by atoms with Crippen LogP contribution in [0.3, 0.4) is 0 Å². The first-order chi connectivity index (χ1) is 12.1. The molecule has 0 aliphatic heterocycles. The minimum absolute atomic E-state index is 0.0343. The summed E-state index contributed by atoms with van der Waals surface area (Å²) in [6.45, 7) is 3.98. The normalized spacial score (nSPS) is 12.3. The summed E-state index contributed by atoms with van der Waals surface area (Å²) in [6, 6.07) is 7.24. The average molecular weight is 404 g/mol. The molecule has 0 atom stereocenters. The van der Waals surface area contributed by atoms with Crippen LogP contribution in [0.15, 0.2) is 52.3 Å². The molecule has 142 valence electrons. The molecule has 0 unspecified atom stereocenters. The van der Waals surface area contributed by atoms with E-state index in [0.717, 1.165) is 24.3 Å². The van der Waals surface area contributed by atoms with Gasteiger partial charge < -0.3 is 0 Å². The van der Waals surface area contributed by atoms with Crippen LogP contribution in [-0.4, -0.2) is 34.2 Å². The molecule has 0 aliphatic carbocycles. The summed E-state index contributed by atoms with van der Waals surface area (Å²) < 4.78 is 78.9. The number of benzene rings is 2. The fraction of sp³-hybridized carbons (Fsp3) is 0.250. The highest BCUT2D eigenvalue weighted by Crippen LogP contribution is 2.21. The van der Waals surface area contributed by atoms with Crippen LogP contribution in [-0.2, 0) is 20.0 Å². The Labute approximate surface area is 151 Å². The van der Waals surface area contributed by atoms with Crippen LogP contribution in [0.25, 0.3) is 0 Å². The maximum absolute atomic E-state index is 13.2. The van der Waals surface area contributed by atoms with Gasteiger partial charge in [-0.1, -0.05) is 13.8 Å². The number of rotatable bonds is 7. The Bertz CT molecular complexity index is 987. The molecule has 0 aromatic heterocycles. The van der Waals surface area contributed by atoms with Gasteiger partial charge in [-0.2, -0.15) is 4.31 Å². The van der Waals surface area contributed by atoms with Crippen molar-refractivity contribution in [1.82, 2.24) is 4.31 Å². The van der Waals surface area contributed by atoms with E-state index in [4.69, 9.17) is 0 Å². The largest absolute Gasteiger partial charge is 0.280 e. The first kappa shape index (κ1) is 20.3. The number of nitrogens with zero attached hydrogens (tertiary/aromatic N) is 1. The van der Waals surface area contributed by atoms with Crippen molar-refractivity contribution in [3.8, 4) is 0 Å². The summed E-state index contributed by atoms with van der Waals surface area (Å²) in [6.07, 6.45) is 0. The van der Waals surface area contributed by atoms with E-state index in [1.165, 1.54) is 16.4 Å². The average Bonchev–Trinajstić information content (AvgIpc) is 2.59. The summed E-state index contributed by atoms with van der Waals surface area (Å²) in [4.78, 5) is -0.242. The van der Waals surface area contributed by atoms with E-state index in [-0.39, 0.29) is 28.6 Å². The van der Waals surface area contributed by atoms with E-state index in [2.05, 4.69) is 4.72 Å². The number of hydrogen-bond acceptors (Lipinski definition) is 4. The second kappa shape index (κ2) is 7.68. The molecular formula is C16H18F2N2O4S2. The third-order valence-electron chi connectivity index (χ3n) is 3.65. The van der Waals surface area contributed by atoms with Gasteiger partial charge in [0.15, 0.2) is 11.6 Å². The van der Waals surface area contributed by atoms with E-state index in [1.54, 1.807) is 13.8 Å². The number of anilines is 1. The van der Waals surface area contributed by atoms with Crippen molar-refractivity contribution in [3.05, 3.63) is 54.1 Å². The smallest absolute Gasteiger partial charge is 0.261 e. The molecule has 0 aliphatic rings. The molecule has 0 heterocycles. The summed E-state index contributed by atoms with van der Waals surface area (Å²) in [7, 11) is -7.79. The van der Waals surface area contributed by atoms with Crippen LogP contribution in [0, 0.1) is 11.6 Å². The molecular weight excluding hydrogens is 386 g/mol. The Morgan fingerprint density at radius 1 is 0.846 bits per heavy atom. The number of halogens is 2. The van der Waals surface area contributed by atoms with Crippen molar-refractivity contribution in [2.75, 3.05) is 17.8 Å². The Hall–Kier alpha value is -2.04. The number of hydrogen-bond donors (Lipinski definition) is 1. The topological polar surface area (TPSA) is 83.6 Å². The zero-order valence-corrected chi connectivity index (χ0v) is 15.7. The summed E-state index contributed by atoms with van der Waals surface area (Å²) in [5.74, 6) is -2.29. The minimum atomic E-state index is -4.08. The number of sulfonamides is 2. The molecule has 0 radical (unpaired) electrons. The van der Waals surface area contributed by atoms with Crippen molar-refractivity contribution in [2.24, 2.45) is 0 Å². The molecule has 0 amide bonds. The Morgan fingerprint density at radius 2 is 1.38 bits per heavy atom. The lowest BCUT2D eigenvalue weighted by molar-refractivity contribution is 0.445. The van der Waals surface area contributed by atoms with E-state index >= 15 is 0 Å². The zero-order valence-electron chi connectivity index (χ0n) is 14.1.